The third-order valence-electron chi connectivity index (χ3n) is 0.875. The predicted octanol–water partition coefficient (Wildman–Crippen LogP) is 0.684. The van der Waals surface area contributed by atoms with Gasteiger partial charge < -0.3 is 5.11 Å². The van der Waals surface area contributed by atoms with E-state index >= 15 is 0 Å². The minimum absolute atomic E-state index is 0. The van der Waals surface area contributed by atoms with Gasteiger partial charge in [-0.3, -0.25) is 4.79 Å². The molecule has 0 aromatic heterocycles. The molecule has 0 aromatic rings. The average molecular weight is 221 g/mol. The Morgan fingerprint density at radius 1 is 1.20 bits per heavy atom. The molecule has 0 saturated heterocycles. The van der Waals surface area contributed by atoms with E-state index < -0.39 is 17.2 Å². The summed E-state index contributed by atoms with van der Waals surface area (Å²) in [5, 5.41) is 8.17. The molecule has 0 saturated carbocycles. The van der Waals surface area contributed by atoms with Gasteiger partial charge in [0.05, 0.1) is 0 Å². The summed E-state index contributed by atoms with van der Waals surface area (Å²) in [6.45, 7) is 4.72. The molecule has 1 N–H and O–H groups in total. The van der Waals surface area contributed by atoms with Gasteiger partial charge in [-0.1, -0.05) is 20.8 Å². The van der Waals surface area contributed by atoms with Crippen LogP contribution in [-0.2, 0) is 35.8 Å². The SMILES string of the molecule is CC(C)(C)C(=O)C(=O)O.[Zr]. The van der Waals surface area contributed by atoms with Gasteiger partial charge in [-0.2, -0.15) is 0 Å². The number of carboxylic acid groups (broad SMARTS) is 1. The van der Waals surface area contributed by atoms with E-state index in [0.29, 0.717) is 0 Å². The maximum Gasteiger partial charge on any atom is 0.372 e. The van der Waals surface area contributed by atoms with Crippen LogP contribution in [-0.4, -0.2) is 16.9 Å². The molecule has 0 aliphatic heterocycles. The zero-order valence-electron chi connectivity index (χ0n) is 6.26. The van der Waals surface area contributed by atoms with Gasteiger partial charge >= 0.3 is 5.97 Å². The molecule has 0 atom stereocenters. The van der Waals surface area contributed by atoms with E-state index in [4.69, 9.17) is 5.11 Å². The molecule has 0 bridgehead atoms. The molecular formula is C6H10O3Zr. The Morgan fingerprint density at radius 3 is 1.50 bits per heavy atom. The molecule has 0 amide bonds. The van der Waals surface area contributed by atoms with Crippen molar-refractivity contribution < 1.29 is 40.9 Å². The van der Waals surface area contributed by atoms with Crippen LogP contribution in [0.15, 0.2) is 0 Å². The van der Waals surface area contributed by atoms with E-state index in [1.54, 1.807) is 20.8 Å². The van der Waals surface area contributed by atoms with Gasteiger partial charge in [-0.25, -0.2) is 4.79 Å². The van der Waals surface area contributed by atoms with Crippen molar-refractivity contribution in [1.82, 2.24) is 0 Å². The number of rotatable bonds is 1. The maximum atomic E-state index is 10.6. The Hall–Kier alpha value is 0.0231. The van der Waals surface area contributed by atoms with Crippen molar-refractivity contribution in [3.8, 4) is 0 Å². The van der Waals surface area contributed by atoms with Gasteiger partial charge in [0.15, 0.2) is 0 Å². The maximum absolute atomic E-state index is 10.6. The third kappa shape index (κ3) is 3.94. The first-order valence-electron chi connectivity index (χ1n) is 2.63. The number of aliphatic carboxylic acids is 1. The first-order valence-corrected chi connectivity index (χ1v) is 2.63. The zero-order valence-corrected chi connectivity index (χ0v) is 8.72. The third-order valence-corrected chi connectivity index (χ3v) is 0.875. The molecule has 3 nitrogen and oxygen atoms in total. The molecule has 0 aliphatic carbocycles. The van der Waals surface area contributed by atoms with E-state index in [0.717, 1.165) is 0 Å². The summed E-state index contributed by atoms with van der Waals surface area (Å²) in [7, 11) is 0. The van der Waals surface area contributed by atoms with Gasteiger partial charge in [0.25, 0.3) is 0 Å². The molecular weight excluding hydrogens is 211 g/mol. The Balaban J connectivity index is 0. The van der Waals surface area contributed by atoms with Crippen molar-refractivity contribution in [1.29, 1.82) is 0 Å². The summed E-state index contributed by atoms with van der Waals surface area (Å²) in [5.74, 6) is -2.11. The van der Waals surface area contributed by atoms with Crippen molar-refractivity contribution in [3.63, 3.8) is 0 Å². The number of carbonyl (C=O) groups excluding carboxylic acids is 1. The zero-order chi connectivity index (χ0) is 7.65. The van der Waals surface area contributed by atoms with Crippen LogP contribution in [0.3, 0.4) is 0 Å². The van der Waals surface area contributed by atoms with E-state index in [1.165, 1.54) is 0 Å². The van der Waals surface area contributed by atoms with E-state index in [-0.39, 0.29) is 26.2 Å². The number of hydrogen-bond acceptors (Lipinski definition) is 2. The second-order valence-electron chi connectivity index (χ2n) is 2.88. The number of carboxylic acids is 1. The summed E-state index contributed by atoms with van der Waals surface area (Å²) in [6, 6.07) is 0. The van der Waals surface area contributed by atoms with Gasteiger partial charge in [-0.15, -0.1) is 0 Å². The molecule has 0 rings (SSSR count). The van der Waals surface area contributed by atoms with E-state index in [9.17, 15) is 9.59 Å². The molecule has 0 aromatic carbocycles. The summed E-state index contributed by atoms with van der Waals surface area (Å²) in [4.78, 5) is 20.6. The summed E-state index contributed by atoms with van der Waals surface area (Å²) >= 11 is 0. The normalized spacial score (nSPS) is 9.90. The standard InChI is InChI=1S/C6H10O3.Zr/c1-6(2,3)4(7)5(8)9;/h1-3H3,(H,8,9);. The summed E-state index contributed by atoms with van der Waals surface area (Å²) in [5.41, 5.74) is -0.758. The molecule has 0 heterocycles. The van der Waals surface area contributed by atoms with Crippen LogP contribution in [0.4, 0.5) is 0 Å². The largest absolute Gasteiger partial charge is 0.475 e. The van der Waals surface area contributed by atoms with Crippen molar-refractivity contribution in [2.24, 2.45) is 5.41 Å². The fourth-order valence-electron chi connectivity index (χ4n) is 0.321. The smallest absolute Gasteiger partial charge is 0.372 e. The molecule has 0 radical (unpaired) electrons. The molecule has 56 valence electrons. The molecule has 10 heavy (non-hydrogen) atoms. The second kappa shape index (κ2) is 4.02. The first-order chi connectivity index (χ1) is 3.85. The molecule has 0 unspecified atom stereocenters. The molecule has 0 spiro atoms. The van der Waals surface area contributed by atoms with Gasteiger partial charge in [0, 0.05) is 31.6 Å². The number of Topliss-reactive ketones (excluding diaryl/α,β-unsaturated/α-hetero) is 1. The first kappa shape index (κ1) is 12.7. The molecule has 0 aliphatic rings. The monoisotopic (exact) mass is 220 g/mol. The van der Waals surface area contributed by atoms with Gasteiger partial charge in [0.1, 0.15) is 0 Å². The van der Waals surface area contributed by atoms with Crippen molar-refractivity contribution in [2.75, 3.05) is 0 Å². The van der Waals surface area contributed by atoms with E-state index in [2.05, 4.69) is 0 Å². The number of ketones is 1. The van der Waals surface area contributed by atoms with E-state index in [1.807, 2.05) is 0 Å². The Kier molecular flexibility index (Phi) is 5.09. The van der Waals surface area contributed by atoms with Crippen LogP contribution in [0.5, 0.6) is 0 Å². The minimum Gasteiger partial charge on any atom is -0.475 e. The van der Waals surface area contributed by atoms with Crippen LogP contribution in [0, 0.1) is 5.41 Å². The Morgan fingerprint density at radius 2 is 1.50 bits per heavy atom. The quantitative estimate of drug-likeness (QED) is 0.663. The second-order valence-corrected chi connectivity index (χ2v) is 2.88. The van der Waals surface area contributed by atoms with Crippen molar-refractivity contribution in [2.45, 2.75) is 20.8 Å². The minimum atomic E-state index is -1.36. The topological polar surface area (TPSA) is 54.4 Å². The summed E-state index contributed by atoms with van der Waals surface area (Å²) in [6.07, 6.45) is 0. The molecule has 0 fully saturated rings. The van der Waals surface area contributed by atoms with Crippen LogP contribution in [0.1, 0.15) is 20.8 Å². The van der Waals surface area contributed by atoms with Crippen LogP contribution < -0.4 is 0 Å². The van der Waals surface area contributed by atoms with Gasteiger partial charge in [0.2, 0.25) is 5.78 Å². The van der Waals surface area contributed by atoms with Crippen molar-refractivity contribution in [3.05, 3.63) is 0 Å². The summed E-state index contributed by atoms with van der Waals surface area (Å²) < 4.78 is 0. The van der Waals surface area contributed by atoms with Crippen LogP contribution in [0.25, 0.3) is 0 Å². The number of carbonyl (C=O) groups is 2. The number of hydrogen-bond donors (Lipinski definition) is 1. The Bertz CT molecular complexity index is 146. The average Bonchev–Trinajstić information content (AvgIpc) is 1.62. The molecule has 4 heteroatoms. The van der Waals surface area contributed by atoms with Crippen LogP contribution in [0.2, 0.25) is 0 Å². The van der Waals surface area contributed by atoms with Crippen LogP contribution >= 0.6 is 0 Å². The Labute approximate surface area is 78.9 Å². The van der Waals surface area contributed by atoms with Gasteiger partial charge in [-0.05, 0) is 0 Å². The fourth-order valence-corrected chi connectivity index (χ4v) is 0.321. The fraction of sp³-hybridized carbons (Fsp3) is 0.667. The van der Waals surface area contributed by atoms with Crippen molar-refractivity contribution >= 4 is 11.8 Å². The predicted molar refractivity (Wildman–Crippen MR) is 32.1 cm³/mol.